The molecule has 0 radical (unpaired) electrons. The van der Waals surface area contributed by atoms with Crippen LogP contribution in [0.5, 0.6) is 0 Å². The third-order valence-corrected chi connectivity index (χ3v) is 0.804. The van der Waals surface area contributed by atoms with Gasteiger partial charge in [-0.2, -0.15) is 0 Å². The van der Waals surface area contributed by atoms with Crippen LogP contribution in [0.15, 0.2) is 0 Å². The zero-order valence-corrected chi connectivity index (χ0v) is 6.48. The van der Waals surface area contributed by atoms with Crippen molar-refractivity contribution in [1.29, 1.82) is 0 Å². The molecule has 0 saturated heterocycles. The molecule has 0 aliphatic heterocycles. The minimum atomic E-state index is -0.671. The van der Waals surface area contributed by atoms with E-state index in [1.807, 2.05) is 6.92 Å². The smallest absolute Gasteiger partial charge is 0.0824 e. The molecule has 9 heavy (non-hydrogen) atoms. The van der Waals surface area contributed by atoms with Gasteiger partial charge in [-0.15, -0.1) is 0 Å². The highest BCUT2D eigenvalue weighted by atomic mass is 16.5. The number of aliphatic hydroxyl groups is 1. The quantitative estimate of drug-likeness (QED) is 0.582. The normalized spacial score (nSPS) is 12.0. The number of hydrogen-bond donors (Lipinski definition) is 1. The standard InChI is InChI=1S/C7H16O2/c1-4-5-9-6-7(2,3)8/h8H,4-6H2,1-3H3. The van der Waals surface area contributed by atoms with Gasteiger partial charge in [0.1, 0.15) is 0 Å². The van der Waals surface area contributed by atoms with E-state index in [2.05, 4.69) is 0 Å². The van der Waals surface area contributed by atoms with Crippen molar-refractivity contribution in [2.24, 2.45) is 0 Å². The van der Waals surface area contributed by atoms with Crippen molar-refractivity contribution < 1.29 is 9.84 Å². The molecule has 0 saturated carbocycles. The van der Waals surface area contributed by atoms with Gasteiger partial charge >= 0.3 is 0 Å². The molecule has 2 nitrogen and oxygen atoms in total. The van der Waals surface area contributed by atoms with Crippen molar-refractivity contribution in [2.75, 3.05) is 13.2 Å². The van der Waals surface area contributed by atoms with Gasteiger partial charge in [-0.05, 0) is 20.3 Å². The summed E-state index contributed by atoms with van der Waals surface area (Å²) in [5, 5.41) is 9.12. The molecule has 0 spiro atoms. The van der Waals surface area contributed by atoms with Crippen LogP contribution in [0.3, 0.4) is 0 Å². The van der Waals surface area contributed by atoms with E-state index in [-0.39, 0.29) is 0 Å². The average molecular weight is 132 g/mol. The highest BCUT2D eigenvalue weighted by molar-refractivity contribution is 4.62. The highest BCUT2D eigenvalue weighted by Gasteiger charge is 2.10. The molecule has 0 unspecified atom stereocenters. The first-order valence-corrected chi connectivity index (χ1v) is 3.36. The lowest BCUT2D eigenvalue weighted by Crippen LogP contribution is -2.26. The molecule has 0 amide bonds. The Morgan fingerprint density at radius 2 is 2.00 bits per heavy atom. The minimum absolute atomic E-state index is 0.431. The molecular formula is C7H16O2. The molecule has 0 aromatic heterocycles. The number of hydrogen-bond acceptors (Lipinski definition) is 2. The fraction of sp³-hybridized carbons (Fsp3) is 1.00. The Kier molecular flexibility index (Phi) is 3.82. The molecule has 56 valence electrons. The summed E-state index contributed by atoms with van der Waals surface area (Å²) in [4.78, 5) is 0. The van der Waals surface area contributed by atoms with E-state index < -0.39 is 5.60 Å². The van der Waals surface area contributed by atoms with Gasteiger partial charge in [0.25, 0.3) is 0 Å². The molecule has 0 bridgehead atoms. The fourth-order valence-corrected chi connectivity index (χ4v) is 0.466. The lowest BCUT2D eigenvalue weighted by Gasteiger charge is -2.16. The van der Waals surface area contributed by atoms with Crippen LogP contribution in [0.4, 0.5) is 0 Å². The molecule has 0 aliphatic rings. The van der Waals surface area contributed by atoms with Crippen molar-refractivity contribution in [3.63, 3.8) is 0 Å². The first kappa shape index (κ1) is 8.92. The molecule has 0 heterocycles. The van der Waals surface area contributed by atoms with Crippen LogP contribution in [0.25, 0.3) is 0 Å². The SMILES string of the molecule is CCCOCC(C)(C)O. The van der Waals surface area contributed by atoms with Gasteiger partial charge < -0.3 is 9.84 Å². The van der Waals surface area contributed by atoms with Gasteiger partial charge in [0, 0.05) is 6.61 Å². The summed E-state index contributed by atoms with van der Waals surface area (Å²) in [5.74, 6) is 0. The molecule has 2 heteroatoms. The zero-order chi connectivity index (χ0) is 7.33. The van der Waals surface area contributed by atoms with Crippen molar-refractivity contribution in [1.82, 2.24) is 0 Å². The number of ether oxygens (including phenoxy) is 1. The Morgan fingerprint density at radius 3 is 2.33 bits per heavy atom. The summed E-state index contributed by atoms with van der Waals surface area (Å²) in [6.07, 6.45) is 1.01. The van der Waals surface area contributed by atoms with Crippen molar-refractivity contribution in [2.45, 2.75) is 32.8 Å². The van der Waals surface area contributed by atoms with Gasteiger partial charge in [0.2, 0.25) is 0 Å². The van der Waals surface area contributed by atoms with Gasteiger partial charge in [-0.3, -0.25) is 0 Å². The van der Waals surface area contributed by atoms with Crippen LogP contribution in [-0.4, -0.2) is 23.9 Å². The van der Waals surface area contributed by atoms with Crippen LogP contribution < -0.4 is 0 Å². The van der Waals surface area contributed by atoms with Gasteiger partial charge in [-0.1, -0.05) is 6.92 Å². The van der Waals surface area contributed by atoms with Gasteiger partial charge in [0.15, 0.2) is 0 Å². The van der Waals surface area contributed by atoms with Crippen LogP contribution in [0.1, 0.15) is 27.2 Å². The summed E-state index contributed by atoms with van der Waals surface area (Å²) in [5.41, 5.74) is -0.671. The maximum atomic E-state index is 9.12. The summed E-state index contributed by atoms with van der Waals surface area (Å²) in [7, 11) is 0. The second-order valence-corrected chi connectivity index (χ2v) is 2.87. The third-order valence-electron chi connectivity index (χ3n) is 0.804. The predicted molar refractivity (Wildman–Crippen MR) is 37.4 cm³/mol. The molecule has 0 atom stereocenters. The Morgan fingerprint density at radius 1 is 1.44 bits per heavy atom. The Labute approximate surface area is 56.8 Å². The molecule has 0 aromatic carbocycles. The summed E-state index contributed by atoms with van der Waals surface area (Å²) < 4.78 is 5.10. The molecule has 0 rings (SSSR count). The zero-order valence-electron chi connectivity index (χ0n) is 6.48. The monoisotopic (exact) mass is 132 g/mol. The van der Waals surface area contributed by atoms with Crippen molar-refractivity contribution >= 4 is 0 Å². The van der Waals surface area contributed by atoms with Crippen LogP contribution >= 0.6 is 0 Å². The molecule has 1 N–H and O–H groups in total. The minimum Gasteiger partial charge on any atom is -0.388 e. The Bertz CT molecular complexity index is 63.8. The molecule has 0 aromatic rings. The van der Waals surface area contributed by atoms with Gasteiger partial charge in [0.05, 0.1) is 12.2 Å². The van der Waals surface area contributed by atoms with E-state index >= 15 is 0 Å². The van der Waals surface area contributed by atoms with E-state index in [1.165, 1.54) is 0 Å². The molecular weight excluding hydrogens is 116 g/mol. The summed E-state index contributed by atoms with van der Waals surface area (Å²) in [6, 6.07) is 0. The van der Waals surface area contributed by atoms with E-state index in [4.69, 9.17) is 9.84 Å². The lowest BCUT2D eigenvalue weighted by atomic mass is 10.2. The number of rotatable bonds is 4. The average Bonchev–Trinajstić information content (AvgIpc) is 1.63. The van der Waals surface area contributed by atoms with Crippen LogP contribution in [-0.2, 0) is 4.74 Å². The maximum Gasteiger partial charge on any atom is 0.0824 e. The summed E-state index contributed by atoms with van der Waals surface area (Å²) >= 11 is 0. The van der Waals surface area contributed by atoms with Gasteiger partial charge in [-0.25, -0.2) is 0 Å². The Hall–Kier alpha value is -0.0800. The highest BCUT2D eigenvalue weighted by Crippen LogP contribution is 2.00. The van der Waals surface area contributed by atoms with E-state index in [0.717, 1.165) is 13.0 Å². The first-order valence-electron chi connectivity index (χ1n) is 3.36. The maximum absolute atomic E-state index is 9.12. The lowest BCUT2D eigenvalue weighted by molar-refractivity contribution is -0.0204. The molecule has 0 fully saturated rings. The van der Waals surface area contributed by atoms with E-state index in [1.54, 1.807) is 13.8 Å². The third kappa shape index (κ3) is 7.92. The van der Waals surface area contributed by atoms with E-state index in [0.29, 0.717) is 6.61 Å². The second kappa shape index (κ2) is 3.85. The molecule has 0 aliphatic carbocycles. The van der Waals surface area contributed by atoms with Crippen molar-refractivity contribution in [3.8, 4) is 0 Å². The summed E-state index contributed by atoms with van der Waals surface area (Å²) in [6.45, 7) is 6.69. The second-order valence-electron chi connectivity index (χ2n) is 2.87. The van der Waals surface area contributed by atoms with E-state index in [9.17, 15) is 0 Å². The first-order chi connectivity index (χ1) is 4.06. The van der Waals surface area contributed by atoms with Crippen molar-refractivity contribution in [3.05, 3.63) is 0 Å². The topological polar surface area (TPSA) is 29.5 Å². The fourth-order valence-electron chi connectivity index (χ4n) is 0.466. The largest absolute Gasteiger partial charge is 0.388 e. The van der Waals surface area contributed by atoms with Crippen LogP contribution in [0.2, 0.25) is 0 Å². The Balaban J connectivity index is 3.07. The van der Waals surface area contributed by atoms with Crippen LogP contribution in [0, 0.1) is 0 Å². The predicted octanol–water partition coefficient (Wildman–Crippen LogP) is 1.18.